The Morgan fingerprint density at radius 3 is 2.28 bits per heavy atom. The van der Waals surface area contributed by atoms with E-state index in [0.717, 1.165) is 80.7 Å². The molecule has 2 N–H and O–H groups in total. The van der Waals surface area contributed by atoms with Crippen molar-refractivity contribution in [1.82, 2.24) is 15.5 Å². The van der Waals surface area contributed by atoms with E-state index in [-0.39, 0.29) is 0 Å². The molecule has 0 unspecified atom stereocenters. The molecule has 7 heteroatoms. The van der Waals surface area contributed by atoms with Crippen LogP contribution in [-0.4, -0.2) is 76.4 Å². The number of hydrogen-bond acceptors (Lipinski definition) is 5. The average Bonchev–Trinajstić information content (AvgIpc) is 3.73. The monoisotopic (exact) mass is 443 g/mol. The molecule has 0 radical (unpaired) electrons. The zero-order valence-corrected chi connectivity index (χ0v) is 20.1. The Labute approximate surface area is 193 Å². The molecule has 0 spiro atoms. The van der Waals surface area contributed by atoms with Gasteiger partial charge in [-0.25, -0.2) is 0 Å². The second kappa shape index (κ2) is 11.1. The SMILES string of the molecule is CCNC(=NCCN(CC1CC1)C1CC1)NC1CCN(c2cc(OC)cc(OC)c2)CC1. The zero-order chi connectivity index (χ0) is 22.3. The highest BCUT2D eigenvalue weighted by molar-refractivity contribution is 5.80. The summed E-state index contributed by atoms with van der Waals surface area (Å²) in [6.07, 6.45) is 7.79. The van der Waals surface area contributed by atoms with E-state index in [9.17, 15) is 0 Å². The fourth-order valence-corrected chi connectivity index (χ4v) is 4.56. The van der Waals surface area contributed by atoms with Gasteiger partial charge >= 0.3 is 0 Å². The topological polar surface area (TPSA) is 61.4 Å². The molecule has 2 aliphatic carbocycles. The maximum absolute atomic E-state index is 5.44. The molecule has 1 heterocycles. The predicted octanol–water partition coefficient (Wildman–Crippen LogP) is 3.10. The van der Waals surface area contributed by atoms with Crippen molar-refractivity contribution in [3.05, 3.63) is 18.2 Å². The van der Waals surface area contributed by atoms with Gasteiger partial charge in [-0.05, 0) is 51.4 Å². The van der Waals surface area contributed by atoms with E-state index >= 15 is 0 Å². The van der Waals surface area contributed by atoms with Crippen molar-refractivity contribution >= 4 is 11.6 Å². The van der Waals surface area contributed by atoms with Gasteiger partial charge in [0, 0.05) is 68.7 Å². The van der Waals surface area contributed by atoms with Crippen LogP contribution in [0.1, 0.15) is 45.4 Å². The summed E-state index contributed by atoms with van der Waals surface area (Å²) in [6.45, 7) is 8.29. The molecule has 4 rings (SSSR count). The van der Waals surface area contributed by atoms with Crippen molar-refractivity contribution in [1.29, 1.82) is 0 Å². The first kappa shape index (κ1) is 23.0. The molecule has 1 saturated heterocycles. The van der Waals surface area contributed by atoms with Crippen LogP contribution < -0.4 is 25.0 Å². The normalized spacial score (nSPS) is 19.9. The first-order chi connectivity index (χ1) is 15.7. The quantitative estimate of drug-likeness (QED) is 0.405. The Bertz CT molecular complexity index is 732. The Morgan fingerprint density at radius 2 is 1.72 bits per heavy atom. The van der Waals surface area contributed by atoms with E-state index in [4.69, 9.17) is 14.5 Å². The Hall–Kier alpha value is -2.15. The average molecular weight is 444 g/mol. The van der Waals surface area contributed by atoms with Crippen LogP contribution in [-0.2, 0) is 0 Å². The molecule has 7 nitrogen and oxygen atoms in total. The van der Waals surface area contributed by atoms with Crippen molar-refractivity contribution < 1.29 is 9.47 Å². The van der Waals surface area contributed by atoms with Crippen LogP contribution in [0.4, 0.5) is 5.69 Å². The number of benzene rings is 1. The van der Waals surface area contributed by atoms with Gasteiger partial charge in [0.25, 0.3) is 0 Å². The smallest absolute Gasteiger partial charge is 0.191 e. The number of nitrogens with zero attached hydrogens (tertiary/aromatic N) is 3. The molecule has 3 aliphatic rings. The number of guanidine groups is 1. The zero-order valence-electron chi connectivity index (χ0n) is 20.1. The number of ether oxygens (including phenoxy) is 2. The second-order valence-corrected chi connectivity index (χ2v) is 9.41. The Kier molecular flexibility index (Phi) is 8.00. The van der Waals surface area contributed by atoms with Crippen molar-refractivity contribution in [3.8, 4) is 11.5 Å². The second-order valence-electron chi connectivity index (χ2n) is 9.41. The molecule has 3 fully saturated rings. The van der Waals surface area contributed by atoms with Crippen LogP contribution in [0.3, 0.4) is 0 Å². The fraction of sp³-hybridized carbons (Fsp3) is 0.720. The van der Waals surface area contributed by atoms with E-state index < -0.39 is 0 Å². The minimum atomic E-state index is 0.447. The number of piperidine rings is 1. The van der Waals surface area contributed by atoms with Crippen molar-refractivity contribution in [3.63, 3.8) is 0 Å². The predicted molar refractivity (Wildman–Crippen MR) is 131 cm³/mol. The minimum absolute atomic E-state index is 0.447. The van der Waals surface area contributed by atoms with Gasteiger partial charge in [-0.1, -0.05) is 0 Å². The third-order valence-electron chi connectivity index (χ3n) is 6.79. The van der Waals surface area contributed by atoms with Crippen LogP contribution >= 0.6 is 0 Å². The van der Waals surface area contributed by atoms with Crippen molar-refractivity contribution in [2.75, 3.05) is 58.4 Å². The van der Waals surface area contributed by atoms with Gasteiger partial charge in [0.05, 0.1) is 20.8 Å². The lowest BCUT2D eigenvalue weighted by Crippen LogP contribution is -2.49. The van der Waals surface area contributed by atoms with Crippen LogP contribution in [0.15, 0.2) is 23.2 Å². The molecule has 32 heavy (non-hydrogen) atoms. The summed E-state index contributed by atoms with van der Waals surface area (Å²) in [5.41, 5.74) is 1.16. The molecule has 1 aromatic carbocycles. The largest absolute Gasteiger partial charge is 0.497 e. The van der Waals surface area contributed by atoms with Crippen molar-refractivity contribution in [2.24, 2.45) is 10.9 Å². The summed E-state index contributed by atoms with van der Waals surface area (Å²) in [5, 5.41) is 7.14. The van der Waals surface area contributed by atoms with Crippen LogP contribution in [0.25, 0.3) is 0 Å². The number of anilines is 1. The van der Waals surface area contributed by atoms with E-state index in [1.807, 2.05) is 6.07 Å². The summed E-state index contributed by atoms with van der Waals surface area (Å²) in [5.74, 6) is 3.60. The third kappa shape index (κ3) is 6.67. The maximum atomic E-state index is 5.44. The summed E-state index contributed by atoms with van der Waals surface area (Å²) in [6, 6.07) is 7.39. The molecule has 0 atom stereocenters. The van der Waals surface area contributed by atoms with Crippen LogP contribution in [0, 0.1) is 5.92 Å². The molecular weight excluding hydrogens is 402 g/mol. The highest BCUT2D eigenvalue weighted by Crippen LogP contribution is 2.34. The van der Waals surface area contributed by atoms with Crippen LogP contribution in [0.5, 0.6) is 11.5 Å². The van der Waals surface area contributed by atoms with Gasteiger partial charge in [0.1, 0.15) is 11.5 Å². The molecule has 1 aliphatic heterocycles. The Balaban J connectivity index is 1.26. The Morgan fingerprint density at radius 1 is 1.03 bits per heavy atom. The molecule has 0 aromatic heterocycles. The summed E-state index contributed by atoms with van der Waals surface area (Å²) in [4.78, 5) is 10.0. The minimum Gasteiger partial charge on any atom is -0.497 e. The fourth-order valence-electron chi connectivity index (χ4n) is 4.56. The summed E-state index contributed by atoms with van der Waals surface area (Å²) < 4.78 is 10.9. The number of aliphatic imine (C=N–C) groups is 1. The lowest BCUT2D eigenvalue weighted by Gasteiger charge is -2.35. The third-order valence-corrected chi connectivity index (χ3v) is 6.79. The molecular formula is C25H41N5O2. The maximum Gasteiger partial charge on any atom is 0.191 e. The standard InChI is InChI=1S/C25H41N5O2/c1-4-26-25(27-11-14-30(21-7-8-21)18-19-5-6-19)28-20-9-12-29(13-10-20)22-15-23(31-2)17-24(16-22)32-3/h15-17,19-21H,4-14,18H2,1-3H3,(H2,26,27,28). The number of rotatable bonds is 11. The first-order valence-corrected chi connectivity index (χ1v) is 12.5. The van der Waals surface area contributed by atoms with Gasteiger partial charge in [-0.15, -0.1) is 0 Å². The van der Waals surface area contributed by atoms with Crippen LogP contribution in [0.2, 0.25) is 0 Å². The van der Waals surface area contributed by atoms with E-state index in [2.05, 4.69) is 39.5 Å². The molecule has 178 valence electrons. The van der Waals surface area contributed by atoms with Gasteiger partial charge in [-0.2, -0.15) is 0 Å². The highest BCUT2D eigenvalue weighted by atomic mass is 16.5. The van der Waals surface area contributed by atoms with Gasteiger partial charge in [0.15, 0.2) is 5.96 Å². The molecule has 2 saturated carbocycles. The number of methoxy groups -OCH3 is 2. The van der Waals surface area contributed by atoms with Crippen molar-refractivity contribution in [2.45, 2.75) is 57.5 Å². The summed E-state index contributed by atoms with van der Waals surface area (Å²) >= 11 is 0. The summed E-state index contributed by atoms with van der Waals surface area (Å²) in [7, 11) is 3.40. The van der Waals surface area contributed by atoms with E-state index in [1.165, 1.54) is 32.2 Å². The van der Waals surface area contributed by atoms with Gasteiger partial charge < -0.3 is 25.0 Å². The molecule has 1 aromatic rings. The number of hydrogen-bond donors (Lipinski definition) is 2. The molecule has 0 bridgehead atoms. The highest BCUT2D eigenvalue weighted by Gasteiger charge is 2.33. The number of nitrogens with one attached hydrogen (secondary N) is 2. The van der Waals surface area contributed by atoms with E-state index in [1.54, 1.807) is 14.2 Å². The first-order valence-electron chi connectivity index (χ1n) is 12.5. The lowest BCUT2D eigenvalue weighted by molar-refractivity contribution is 0.260. The van der Waals surface area contributed by atoms with E-state index in [0.29, 0.717) is 6.04 Å². The van der Waals surface area contributed by atoms with Gasteiger partial charge in [-0.3, -0.25) is 9.89 Å². The lowest BCUT2D eigenvalue weighted by atomic mass is 10.0. The molecule has 0 amide bonds. The van der Waals surface area contributed by atoms with Gasteiger partial charge in [0.2, 0.25) is 0 Å².